The number of halogens is 8. The lowest BCUT2D eigenvalue weighted by Gasteiger charge is -2.45. The van der Waals surface area contributed by atoms with Crippen molar-refractivity contribution in [3.63, 3.8) is 0 Å². The average molecular weight is 351 g/mol. The molecule has 0 aromatic heterocycles. The van der Waals surface area contributed by atoms with Crippen LogP contribution in [0.4, 0.5) is 40.8 Å². The number of alkyl halides is 8. The van der Waals surface area contributed by atoms with Crippen LogP contribution >= 0.6 is 0 Å². The largest absolute Gasteiger partial charge is 0.506 e. The number of aromatic hydroxyl groups is 1. The number of nitrogens with two attached hydrogens (primary N) is 1. The Bertz CT molecular complexity index is 619. The monoisotopic (exact) mass is 351 g/mol. The Balaban J connectivity index is 2.40. The summed E-state index contributed by atoms with van der Waals surface area (Å²) in [5, 5.41) is 9.12. The number of ether oxygens (including phenoxy) is 1. The van der Waals surface area contributed by atoms with Gasteiger partial charge < -0.3 is 15.6 Å². The van der Waals surface area contributed by atoms with Crippen LogP contribution in [0.3, 0.4) is 0 Å². The van der Waals surface area contributed by atoms with Crippen LogP contribution < -0.4 is 10.5 Å². The van der Waals surface area contributed by atoms with E-state index >= 15 is 0 Å². The smallest absolute Gasteiger partial charge is 0.382 e. The summed E-state index contributed by atoms with van der Waals surface area (Å²) in [6.07, 6.45) is -5.56. The molecule has 2 rings (SSSR count). The first-order valence-corrected chi connectivity index (χ1v) is 6.00. The molecule has 130 valence electrons. The van der Waals surface area contributed by atoms with Crippen molar-refractivity contribution in [1.29, 1.82) is 0 Å². The topological polar surface area (TPSA) is 55.5 Å². The van der Waals surface area contributed by atoms with Gasteiger partial charge in [0.15, 0.2) is 6.10 Å². The zero-order valence-corrected chi connectivity index (χ0v) is 11.0. The highest BCUT2D eigenvalue weighted by Gasteiger charge is 2.87. The molecule has 3 nitrogen and oxygen atoms in total. The minimum Gasteiger partial charge on any atom is -0.506 e. The minimum absolute atomic E-state index is 0.412. The summed E-state index contributed by atoms with van der Waals surface area (Å²) in [6.45, 7) is 0. The third kappa shape index (κ3) is 2.32. The highest BCUT2D eigenvalue weighted by Crippen LogP contribution is 2.60. The van der Waals surface area contributed by atoms with E-state index in [0.717, 1.165) is 12.1 Å². The van der Waals surface area contributed by atoms with Crippen LogP contribution in [0.2, 0.25) is 0 Å². The average Bonchev–Trinajstić information content (AvgIpc) is 2.40. The quantitative estimate of drug-likeness (QED) is 0.486. The van der Waals surface area contributed by atoms with Crippen LogP contribution in [0.1, 0.15) is 6.42 Å². The second-order valence-corrected chi connectivity index (χ2v) is 5.01. The SMILES string of the molecule is Nc1cc(OC2CC(F)(F)C(F)(F)C(F)(F)C2(F)F)ccc1O. The number of hydrogen-bond acceptors (Lipinski definition) is 3. The first kappa shape index (κ1) is 17.4. The maximum atomic E-state index is 13.6. The van der Waals surface area contributed by atoms with Gasteiger partial charge in [0, 0.05) is 6.07 Å². The lowest BCUT2D eigenvalue weighted by atomic mass is 9.83. The number of nitrogen functional groups attached to an aromatic ring is 1. The van der Waals surface area contributed by atoms with Gasteiger partial charge in [-0.15, -0.1) is 0 Å². The van der Waals surface area contributed by atoms with Crippen LogP contribution in [0.15, 0.2) is 18.2 Å². The number of phenols is 1. The molecule has 23 heavy (non-hydrogen) atoms. The summed E-state index contributed by atoms with van der Waals surface area (Å²) >= 11 is 0. The lowest BCUT2D eigenvalue weighted by Crippen LogP contribution is -2.72. The molecule has 1 unspecified atom stereocenters. The van der Waals surface area contributed by atoms with E-state index in [9.17, 15) is 35.1 Å². The van der Waals surface area contributed by atoms with E-state index in [1.165, 1.54) is 0 Å². The Morgan fingerprint density at radius 3 is 2.09 bits per heavy atom. The Labute approximate surface area is 123 Å². The van der Waals surface area contributed by atoms with Gasteiger partial charge >= 0.3 is 23.7 Å². The van der Waals surface area contributed by atoms with Crippen molar-refractivity contribution in [2.24, 2.45) is 0 Å². The van der Waals surface area contributed by atoms with E-state index in [1.54, 1.807) is 0 Å². The van der Waals surface area contributed by atoms with E-state index in [2.05, 4.69) is 4.74 Å². The summed E-state index contributed by atoms with van der Waals surface area (Å²) in [7, 11) is 0. The summed E-state index contributed by atoms with van der Waals surface area (Å²) in [6, 6.07) is 2.32. The zero-order chi connectivity index (χ0) is 17.8. The van der Waals surface area contributed by atoms with Gasteiger partial charge in [-0.1, -0.05) is 0 Å². The molecule has 3 N–H and O–H groups in total. The molecule has 0 heterocycles. The maximum absolute atomic E-state index is 13.6. The highest BCUT2D eigenvalue weighted by molar-refractivity contribution is 5.55. The fourth-order valence-electron chi connectivity index (χ4n) is 2.02. The molecular formula is C12H9F8NO2. The number of anilines is 1. The predicted octanol–water partition coefficient (Wildman–Crippen LogP) is 3.67. The van der Waals surface area contributed by atoms with Gasteiger partial charge in [0.1, 0.15) is 11.5 Å². The molecule has 1 aliphatic rings. The standard InChI is InChI=1S/C12H9F8NO2/c13-9(14)4-8(10(15,16)12(19,20)11(9,17)18)23-5-1-2-7(22)6(21)3-5/h1-3,8,22H,4,21H2. The fourth-order valence-corrected chi connectivity index (χ4v) is 2.02. The van der Waals surface area contributed by atoms with Crippen LogP contribution in [0, 0.1) is 0 Å². The van der Waals surface area contributed by atoms with Crippen molar-refractivity contribution in [3.05, 3.63) is 18.2 Å². The van der Waals surface area contributed by atoms with Crippen LogP contribution in [-0.4, -0.2) is 34.9 Å². The molecule has 1 aliphatic carbocycles. The highest BCUT2D eigenvalue weighted by atomic mass is 19.4. The first-order chi connectivity index (χ1) is 10.2. The fraction of sp³-hybridized carbons (Fsp3) is 0.500. The summed E-state index contributed by atoms with van der Waals surface area (Å²) in [5.41, 5.74) is 4.80. The lowest BCUT2D eigenvalue weighted by molar-refractivity contribution is -0.409. The van der Waals surface area contributed by atoms with Crippen molar-refractivity contribution >= 4 is 5.69 Å². The molecule has 0 aliphatic heterocycles. The van der Waals surface area contributed by atoms with E-state index in [0.29, 0.717) is 6.07 Å². The number of hydrogen-bond donors (Lipinski definition) is 2. The molecule has 1 aromatic carbocycles. The summed E-state index contributed by atoms with van der Waals surface area (Å²) in [4.78, 5) is 0. The second kappa shape index (κ2) is 4.78. The van der Waals surface area contributed by atoms with E-state index in [-0.39, 0.29) is 0 Å². The van der Waals surface area contributed by atoms with Crippen molar-refractivity contribution in [3.8, 4) is 11.5 Å². The van der Waals surface area contributed by atoms with Gasteiger partial charge in [0.05, 0.1) is 12.1 Å². The Hall–Kier alpha value is -1.94. The molecule has 0 radical (unpaired) electrons. The predicted molar refractivity (Wildman–Crippen MR) is 61.3 cm³/mol. The molecule has 0 spiro atoms. The Morgan fingerprint density at radius 1 is 1.00 bits per heavy atom. The van der Waals surface area contributed by atoms with E-state index in [1.807, 2.05) is 0 Å². The molecule has 1 fully saturated rings. The molecule has 11 heteroatoms. The van der Waals surface area contributed by atoms with Crippen LogP contribution in [-0.2, 0) is 0 Å². The molecule has 0 saturated heterocycles. The minimum atomic E-state index is -6.32. The molecule has 1 saturated carbocycles. The molecular weight excluding hydrogens is 342 g/mol. The second-order valence-electron chi connectivity index (χ2n) is 5.01. The molecule has 1 aromatic rings. The van der Waals surface area contributed by atoms with E-state index < -0.39 is 53.4 Å². The zero-order valence-electron chi connectivity index (χ0n) is 11.0. The summed E-state index contributed by atoms with van der Waals surface area (Å²) < 4.78 is 110. The summed E-state index contributed by atoms with van der Waals surface area (Å²) in [5.74, 6) is -24.7. The third-order valence-electron chi connectivity index (χ3n) is 3.40. The molecule has 1 atom stereocenters. The van der Waals surface area contributed by atoms with Crippen LogP contribution in [0.5, 0.6) is 11.5 Å². The van der Waals surface area contributed by atoms with Crippen molar-refractivity contribution in [2.45, 2.75) is 36.2 Å². The number of phenolic OH excluding ortho intramolecular Hbond substituents is 1. The maximum Gasteiger partial charge on any atom is 0.382 e. The van der Waals surface area contributed by atoms with E-state index in [4.69, 9.17) is 10.8 Å². The van der Waals surface area contributed by atoms with Gasteiger partial charge in [0.2, 0.25) is 0 Å². The van der Waals surface area contributed by atoms with Crippen LogP contribution in [0.25, 0.3) is 0 Å². The Kier molecular flexibility index (Phi) is 3.62. The van der Waals surface area contributed by atoms with Gasteiger partial charge in [-0.2, -0.15) is 35.1 Å². The third-order valence-corrected chi connectivity index (χ3v) is 3.40. The first-order valence-electron chi connectivity index (χ1n) is 6.00. The van der Waals surface area contributed by atoms with Gasteiger partial charge in [-0.3, -0.25) is 0 Å². The normalized spacial score (nSPS) is 27.4. The number of benzene rings is 1. The Morgan fingerprint density at radius 2 is 1.57 bits per heavy atom. The van der Waals surface area contributed by atoms with Gasteiger partial charge in [-0.25, -0.2) is 0 Å². The van der Waals surface area contributed by atoms with Gasteiger partial charge in [0.25, 0.3) is 0 Å². The number of rotatable bonds is 2. The van der Waals surface area contributed by atoms with Crippen molar-refractivity contribution in [2.75, 3.05) is 5.73 Å². The van der Waals surface area contributed by atoms with Gasteiger partial charge in [-0.05, 0) is 12.1 Å². The molecule has 0 amide bonds. The van der Waals surface area contributed by atoms with Crippen molar-refractivity contribution in [1.82, 2.24) is 0 Å². The van der Waals surface area contributed by atoms with Crippen molar-refractivity contribution < 1.29 is 45.0 Å². The molecule has 0 bridgehead atoms.